The monoisotopic (exact) mass is 1280 g/mol. The average Bonchev–Trinajstić information content (AvgIpc) is 1.09. The highest BCUT2D eigenvalue weighted by Gasteiger charge is 2.22. The zero-order valence-corrected chi connectivity index (χ0v) is 57.5. The average molecular weight is 1280 g/mol. The molecule has 0 saturated carbocycles. The van der Waals surface area contributed by atoms with Gasteiger partial charge in [-0.25, -0.2) is 0 Å². The van der Waals surface area contributed by atoms with Gasteiger partial charge in [0.15, 0.2) is 0 Å². The molecule has 484 valence electrons. The van der Waals surface area contributed by atoms with Crippen molar-refractivity contribution >= 4 is 114 Å². The minimum absolute atomic E-state index is 0.970. The maximum atomic E-state index is 3.77. The Bertz CT molecular complexity index is 4180. The molecule has 0 bridgehead atoms. The van der Waals surface area contributed by atoms with Crippen LogP contribution in [0.5, 0.6) is 0 Å². The largest absolute Gasteiger partial charge is 0.356 e. The van der Waals surface area contributed by atoms with Crippen molar-refractivity contribution in [1.82, 2.24) is 0 Å². The normalized spacial score (nSPS) is 11.0. The minimum atomic E-state index is 0.970. The van der Waals surface area contributed by atoms with Gasteiger partial charge in [0.05, 0.1) is 0 Å². The quantitative estimate of drug-likeness (QED) is 0.0814. The van der Waals surface area contributed by atoms with Gasteiger partial charge < -0.3 is 34.7 Å². The van der Waals surface area contributed by atoms with Crippen molar-refractivity contribution in [3.8, 4) is 0 Å². The Morgan fingerprint density at radius 1 is 0.121 bits per heavy atom. The number of anilines is 20. The van der Waals surface area contributed by atoms with Gasteiger partial charge in [-0.15, -0.1) is 0 Å². The van der Waals surface area contributed by atoms with Gasteiger partial charge in [0, 0.05) is 114 Å². The molecule has 0 saturated heterocycles. The summed E-state index contributed by atoms with van der Waals surface area (Å²) in [4.78, 5) is 14.0. The van der Waals surface area contributed by atoms with Crippen LogP contribution in [0.2, 0.25) is 0 Å². The number of nitrogens with one attached hydrogen (secondary N) is 1. The second-order valence-electron chi connectivity index (χ2n) is 26.0. The summed E-state index contributed by atoms with van der Waals surface area (Å²) in [6, 6.07) is 123. The zero-order valence-electron chi connectivity index (χ0n) is 57.5. The fraction of sp³-hybridized carbons (Fsp3) is 0.0870. The van der Waals surface area contributed by atoms with E-state index in [4.69, 9.17) is 0 Å². The molecule has 99 heavy (non-hydrogen) atoms. The summed E-state index contributed by atoms with van der Waals surface area (Å²) in [7, 11) is 0. The summed E-state index contributed by atoms with van der Waals surface area (Å²) in [6.45, 7) is 17.1. The van der Waals surface area contributed by atoms with Crippen LogP contribution in [0.25, 0.3) is 0 Å². The molecule has 14 aromatic carbocycles. The number of benzene rings is 14. The maximum Gasteiger partial charge on any atom is 0.0463 e. The van der Waals surface area contributed by atoms with Crippen LogP contribution in [0.15, 0.2) is 340 Å². The first-order valence-electron chi connectivity index (χ1n) is 34.0. The molecule has 0 unspecified atom stereocenters. The first-order valence-corrected chi connectivity index (χ1v) is 34.0. The van der Waals surface area contributed by atoms with E-state index in [2.05, 4.69) is 430 Å². The van der Waals surface area contributed by atoms with Crippen molar-refractivity contribution in [3.05, 3.63) is 384 Å². The van der Waals surface area contributed by atoms with E-state index in [-0.39, 0.29) is 0 Å². The molecule has 0 radical (unpaired) electrons. The number of nitrogens with zero attached hydrogens (tertiary/aromatic N) is 6. The molecule has 0 aliphatic rings. The lowest BCUT2D eigenvalue weighted by atomic mass is 10.1. The zero-order chi connectivity index (χ0) is 67.9. The third-order valence-electron chi connectivity index (χ3n) is 18.3. The van der Waals surface area contributed by atoms with E-state index in [1.54, 1.807) is 0 Å². The van der Waals surface area contributed by atoms with Crippen molar-refractivity contribution < 1.29 is 0 Å². The van der Waals surface area contributed by atoms with Gasteiger partial charge in [-0.05, 0) is 298 Å². The highest BCUT2D eigenvalue weighted by atomic mass is 15.2. The first-order chi connectivity index (χ1) is 48.3. The Kier molecular flexibility index (Phi) is 18.5. The molecule has 0 atom stereocenters. The fourth-order valence-electron chi connectivity index (χ4n) is 12.8. The number of hydrogen-bond acceptors (Lipinski definition) is 7. The molecule has 0 aliphatic heterocycles. The van der Waals surface area contributed by atoms with Gasteiger partial charge in [-0.1, -0.05) is 142 Å². The minimum Gasteiger partial charge on any atom is -0.356 e. The number of rotatable bonds is 20. The smallest absolute Gasteiger partial charge is 0.0463 e. The van der Waals surface area contributed by atoms with Crippen molar-refractivity contribution in [1.29, 1.82) is 0 Å². The summed E-state index contributed by atoms with van der Waals surface area (Å²) in [5.41, 5.74) is 30.9. The summed E-state index contributed by atoms with van der Waals surface area (Å²) >= 11 is 0. The van der Waals surface area contributed by atoms with E-state index in [9.17, 15) is 0 Å². The first kappa shape index (κ1) is 64.0. The number of hydrogen-bond donors (Lipinski definition) is 1. The lowest BCUT2D eigenvalue weighted by Crippen LogP contribution is -2.13. The molecule has 1 N–H and O–H groups in total. The van der Waals surface area contributed by atoms with Gasteiger partial charge in [0.2, 0.25) is 0 Å². The van der Waals surface area contributed by atoms with Crippen LogP contribution in [0, 0.1) is 55.4 Å². The maximum absolute atomic E-state index is 3.77. The molecular weight excluding hydrogens is 1200 g/mol. The fourth-order valence-corrected chi connectivity index (χ4v) is 12.8. The lowest BCUT2D eigenvalue weighted by Gasteiger charge is -2.30. The van der Waals surface area contributed by atoms with Crippen LogP contribution >= 0.6 is 0 Å². The van der Waals surface area contributed by atoms with Crippen LogP contribution < -0.4 is 34.7 Å². The SMILES string of the molecule is Cc1ccc(N(c2ccc(C)cc2)c2ccc(N(c3ccc(Nc4ccc(N(c5ccc(N(c6ccc(C)cc6)c6ccc(C)cc6)cc5)c5ccc(N(c6ccc(C)cc6)c6ccc(C)cc6)cc5)cc4)cc3)c3ccc(N(c4ccc(C)cc4)c4ccc(C)cc4)cc3)cc2)cc1. The Balaban J connectivity index is 0.795. The molecule has 0 heterocycles. The molecular formula is C92H81N7. The molecule has 7 nitrogen and oxygen atoms in total. The van der Waals surface area contributed by atoms with Crippen molar-refractivity contribution in [2.75, 3.05) is 34.7 Å². The van der Waals surface area contributed by atoms with Crippen molar-refractivity contribution in [2.45, 2.75) is 55.4 Å². The third-order valence-corrected chi connectivity index (χ3v) is 18.3. The topological polar surface area (TPSA) is 31.5 Å². The third kappa shape index (κ3) is 14.5. The molecule has 0 aromatic heterocycles. The number of aryl methyl sites for hydroxylation is 8. The second-order valence-corrected chi connectivity index (χ2v) is 26.0. The Morgan fingerprint density at radius 3 is 0.303 bits per heavy atom. The summed E-state index contributed by atoms with van der Waals surface area (Å²) in [6.07, 6.45) is 0. The predicted octanol–water partition coefficient (Wildman–Crippen LogP) is 26.7. The van der Waals surface area contributed by atoms with Crippen LogP contribution in [0.3, 0.4) is 0 Å². The standard InChI is InChI=1S/C92H81N7/c1-65-9-29-75(30-10-65)94(76-31-11-66(2)12-32-76)85-49-57-89(58-50-85)98(90-59-51-86(52-60-90)95(77-33-13-67(3)14-34-77)78-35-15-68(4)16-36-78)83-45-25-73(26-46-83)93-74-27-47-84(48-28-74)99(91-61-53-87(54-62-91)96(79-37-17-69(5)18-38-79)80-39-19-70(6)20-40-80)92-63-55-88(56-64-92)97(81-41-21-71(7)22-42-81)82-43-23-72(8)24-44-82/h9-64,93H,1-8H3. The summed E-state index contributed by atoms with van der Waals surface area (Å²) in [5.74, 6) is 0. The second kappa shape index (κ2) is 28.6. The molecule has 0 fully saturated rings. The van der Waals surface area contributed by atoms with Gasteiger partial charge in [0.1, 0.15) is 0 Å². The molecule has 0 aliphatic carbocycles. The van der Waals surface area contributed by atoms with Crippen molar-refractivity contribution in [3.63, 3.8) is 0 Å². The highest BCUT2D eigenvalue weighted by Crippen LogP contribution is 2.45. The molecule has 0 spiro atoms. The van der Waals surface area contributed by atoms with Gasteiger partial charge >= 0.3 is 0 Å². The van der Waals surface area contributed by atoms with Crippen LogP contribution in [-0.2, 0) is 0 Å². The highest BCUT2D eigenvalue weighted by molar-refractivity contribution is 5.87. The van der Waals surface area contributed by atoms with E-state index in [1.165, 1.54) is 44.5 Å². The van der Waals surface area contributed by atoms with Crippen LogP contribution in [-0.4, -0.2) is 0 Å². The van der Waals surface area contributed by atoms with Crippen LogP contribution in [0.4, 0.5) is 114 Å². The van der Waals surface area contributed by atoms with Gasteiger partial charge in [0.25, 0.3) is 0 Å². The van der Waals surface area contributed by atoms with E-state index < -0.39 is 0 Å². The van der Waals surface area contributed by atoms with E-state index in [0.29, 0.717) is 0 Å². The Labute approximate surface area is 584 Å². The predicted molar refractivity (Wildman–Crippen MR) is 422 cm³/mol. The Hall–Kier alpha value is -12.3. The molecule has 7 heteroatoms. The Morgan fingerprint density at radius 2 is 0.202 bits per heavy atom. The summed E-state index contributed by atoms with van der Waals surface area (Å²) < 4.78 is 0. The lowest BCUT2D eigenvalue weighted by molar-refractivity contribution is 1.24. The van der Waals surface area contributed by atoms with E-state index >= 15 is 0 Å². The molecule has 0 amide bonds. The molecule has 14 aromatic rings. The van der Waals surface area contributed by atoms with Gasteiger partial charge in [-0.3, -0.25) is 0 Å². The van der Waals surface area contributed by atoms with Crippen molar-refractivity contribution in [2.24, 2.45) is 0 Å². The van der Waals surface area contributed by atoms with Crippen LogP contribution in [0.1, 0.15) is 44.5 Å². The van der Waals surface area contributed by atoms with E-state index in [1.807, 2.05) is 0 Å². The summed E-state index contributed by atoms with van der Waals surface area (Å²) in [5, 5.41) is 3.77. The molecule has 14 rings (SSSR count). The van der Waals surface area contributed by atoms with E-state index in [0.717, 1.165) is 114 Å². The van der Waals surface area contributed by atoms with Gasteiger partial charge in [-0.2, -0.15) is 0 Å².